The molecule has 1 aromatic carbocycles. The smallest absolute Gasteiger partial charge is 0.410 e. The van der Waals surface area contributed by atoms with Gasteiger partial charge in [0.25, 0.3) is 0 Å². The van der Waals surface area contributed by atoms with Crippen LogP contribution in [-0.4, -0.2) is 68.8 Å². The lowest BCUT2D eigenvalue weighted by Gasteiger charge is -2.51. The average molecular weight is 727 g/mol. The van der Waals surface area contributed by atoms with Crippen LogP contribution in [0.1, 0.15) is 93.2 Å². The molecule has 1 aliphatic heterocycles. The number of ether oxygens (including phenoxy) is 1. The van der Waals surface area contributed by atoms with Gasteiger partial charge in [0.15, 0.2) is 12.0 Å². The molecule has 274 valence electrons. The number of alkyl halides is 6. The summed E-state index contributed by atoms with van der Waals surface area (Å²) >= 11 is 0. The highest BCUT2D eigenvalue weighted by atomic mass is 32.2. The Balaban J connectivity index is 1.12. The van der Waals surface area contributed by atoms with E-state index in [2.05, 4.69) is 4.98 Å². The lowest BCUT2D eigenvalue weighted by molar-refractivity contribution is -0.284. The SMILES string of the molecule is C[C@]12CC[C@@H]3c4ccc(OC(=O)N5CCC(c6ccncc6)CC5)cc4C[C@@H](CCCS(=O)CCCC(F)(F)C(F)(F)F)[C@H]3[C@@H]1CC(F)C2=O. The van der Waals surface area contributed by atoms with Gasteiger partial charge in [-0.15, -0.1) is 0 Å². The van der Waals surface area contributed by atoms with Crippen molar-refractivity contribution < 1.29 is 44.9 Å². The zero-order valence-electron chi connectivity index (χ0n) is 28.1. The lowest BCUT2D eigenvalue weighted by Crippen LogP contribution is -2.46. The van der Waals surface area contributed by atoms with Gasteiger partial charge in [0, 0.05) is 59.6 Å². The van der Waals surface area contributed by atoms with Crippen molar-refractivity contribution in [3.8, 4) is 5.75 Å². The zero-order valence-corrected chi connectivity index (χ0v) is 28.9. The van der Waals surface area contributed by atoms with Crippen molar-refractivity contribution in [1.29, 1.82) is 0 Å². The van der Waals surface area contributed by atoms with E-state index in [9.17, 15) is 40.1 Å². The molecule has 1 aromatic heterocycles. The molecule has 2 saturated carbocycles. The molecule has 3 fully saturated rings. The first-order chi connectivity index (χ1) is 23.7. The van der Waals surface area contributed by atoms with Crippen molar-refractivity contribution >= 4 is 22.7 Å². The Morgan fingerprint density at radius 3 is 2.44 bits per heavy atom. The first-order valence-corrected chi connectivity index (χ1v) is 19.1. The Bertz CT molecular complexity index is 1570. The number of likely N-dealkylation sites (tertiary alicyclic amines) is 1. The topological polar surface area (TPSA) is 76.6 Å². The summed E-state index contributed by atoms with van der Waals surface area (Å²) in [4.78, 5) is 32.0. The van der Waals surface area contributed by atoms with E-state index in [1.165, 1.54) is 5.56 Å². The van der Waals surface area contributed by atoms with E-state index in [-0.39, 0.29) is 47.4 Å². The third kappa shape index (κ3) is 7.48. The van der Waals surface area contributed by atoms with E-state index in [0.29, 0.717) is 56.9 Å². The van der Waals surface area contributed by atoms with Crippen LogP contribution in [0.3, 0.4) is 0 Å². The fraction of sp³-hybridized carbons (Fsp3) is 0.649. The Morgan fingerprint density at radius 1 is 1.04 bits per heavy atom. The van der Waals surface area contributed by atoms with Gasteiger partial charge < -0.3 is 9.64 Å². The zero-order chi connectivity index (χ0) is 35.8. The molecule has 0 bridgehead atoms. The molecule has 7 atom stereocenters. The normalized spacial score (nSPS) is 29.2. The van der Waals surface area contributed by atoms with Crippen molar-refractivity contribution in [2.24, 2.45) is 23.2 Å². The second-order valence-corrected chi connectivity index (χ2v) is 16.5. The van der Waals surface area contributed by atoms with Crippen LogP contribution < -0.4 is 4.74 Å². The number of hydrogen-bond acceptors (Lipinski definition) is 5. The van der Waals surface area contributed by atoms with Crippen LogP contribution >= 0.6 is 0 Å². The molecule has 50 heavy (non-hydrogen) atoms. The van der Waals surface area contributed by atoms with Crippen LogP contribution in [0, 0.1) is 23.2 Å². The van der Waals surface area contributed by atoms with Gasteiger partial charge in [-0.1, -0.05) is 13.0 Å². The number of pyridine rings is 1. The molecule has 0 radical (unpaired) electrons. The number of benzene rings is 1. The summed E-state index contributed by atoms with van der Waals surface area (Å²) in [6.45, 7) is 3.02. The minimum atomic E-state index is -5.63. The number of Topliss-reactive ketones (excluding diaryl/α,β-unsaturated/α-hetero) is 1. The lowest BCUT2D eigenvalue weighted by atomic mass is 9.52. The molecule has 0 spiro atoms. The maximum atomic E-state index is 14.9. The number of hydrogen-bond donors (Lipinski definition) is 0. The molecule has 0 N–H and O–H groups in total. The van der Waals surface area contributed by atoms with Crippen LogP contribution in [0.5, 0.6) is 5.75 Å². The van der Waals surface area contributed by atoms with Gasteiger partial charge in [-0.2, -0.15) is 22.0 Å². The second-order valence-electron chi connectivity index (χ2n) is 14.8. The van der Waals surface area contributed by atoms with Crippen molar-refractivity contribution in [1.82, 2.24) is 9.88 Å². The van der Waals surface area contributed by atoms with Crippen LogP contribution in [-0.2, 0) is 22.0 Å². The van der Waals surface area contributed by atoms with Gasteiger partial charge >= 0.3 is 18.2 Å². The molecule has 2 aromatic rings. The third-order valence-corrected chi connectivity index (χ3v) is 13.4. The van der Waals surface area contributed by atoms with E-state index >= 15 is 0 Å². The van der Waals surface area contributed by atoms with E-state index in [1.54, 1.807) is 23.4 Å². The number of ketones is 1. The molecule has 3 aliphatic carbocycles. The summed E-state index contributed by atoms with van der Waals surface area (Å²) in [6, 6.07) is 9.69. The maximum Gasteiger partial charge on any atom is 0.453 e. The maximum absolute atomic E-state index is 14.9. The van der Waals surface area contributed by atoms with Gasteiger partial charge in [-0.3, -0.25) is 14.0 Å². The Labute approximate surface area is 291 Å². The Hall–Kier alpha value is -2.96. The van der Waals surface area contributed by atoms with E-state index < -0.39 is 53.4 Å². The van der Waals surface area contributed by atoms with Crippen molar-refractivity contribution in [2.75, 3.05) is 24.6 Å². The summed E-state index contributed by atoms with van der Waals surface area (Å²) in [5.41, 5.74) is 2.57. The third-order valence-electron chi connectivity index (χ3n) is 11.9. The number of fused-ring (bicyclic) bond motifs is 5. The van der Waals surface area contributed by atoms with Crippen LogP contribution in [0.15, 0.2) is 42.7 Å². The summed E-state index contributed by atoms with van der Waals surface area (Å²) in [7, 11) is -1.57. The monoisotopic (exact) mass is 726 g/mol. The number of carbonyl (C=O) groups excluding carboxylic acids is 2. The van der Waals surface area contributed by atoms with Gasteiger partial charge in [-0.05, 0) is 128 Å². The highest BCUT2D eigenvalue weighted by molar-refractivity contribution is 7.84. The van der Waals surface area contributed by atoms with Crippen LogP contribution in [0.2, 0.25) is 0 Å². The predicted octanol–water partition coefficient (Wildman–Crippen LogP) is 8.57. The van der Waals surface area contributed by atoms with E-state index in [4.69, 9.17) is 4.74 Å². The second kappa shape index (κ2) is 14.6. The van der Waals surface area contributed by atoms with Crippen LogP contribution in [0.25, 0.3) is 0 Å². The first kappa shape index (κ1) is 36.8. The fourth-order valence-corrected chi connectivity index (χ4v) is 10.4. The molecular weight excluding hydrogens is 682 g/mol. The average Bonchev–Trinajstić information content (AvgIpc) is 3.31. The molecule has 6 rings (SSSR count). The molecule has 4 aliphatic rings. The fourth-order valence-electron chi connectivity index (χ4n) is 9.27. The van der Waals surface area contributed by atoms with Crippen molar-refractivity contribution in [3.05, 3.63) is 59.4 Å². The Morgan fingerprint density at radius 2 is 1.74 bits per heavy atom. The number of aromatic nitrogens is 1. The molecular formula is C37H44F6N2O4S. The van der Waals surface area contributed by atoms with Gasteiger partial charge in [0.1, 0.15) is 5.75 Å². The van der Waals surface area contributed by atoms with Gasteiger partial charge in [-0.25, -0.2) is 9.18 Å². The summed E-state index contributed by atoms with van der Waals surface area (Å²) < 4.78 is 97.6. The van der Waals surface area contributed by atoms with Crippen molar-refractivity contribution in [2.45, 2.75) is 101 Å². The van der Waals surface area contributed by atoms with Crippen molar-refractivity contribution in [3.63, 3.8) is 0 Å². The molecule has 1 saturated heterocycles. The number of piperidine rings is 1. The largest absolute Gasteiger partial charge is 0.453 e. The van der Waals surface area contributed by atoms with Gasteiger partial charge in [0.2, 0.25) is 0 Å². The number of nitrogens with zero attached hydrogens (tertiary/aromatic N) is 2. The van der Waals surface area contributed by atoms with E-state index in [0.717, 1.165) is 24.0 Å². The quantitative estimate of drug-likeness (QED) is 0.230. The van der Waals surface area contributed by atoms with Crippen LogP contribution in [0.4, 0.5) is 31.1 Å². The molecule has 1 amide bonds. The molecule has 13 heteroatoms. The number of carbonyl (C=O) groups is 2. The minimum absolute atomic E-state index is 0.0000420. The molecule has 2 unspecified atom stereocenters. The number of rotatable bonds is 10. The number of halogens is 6. The standard InChI is InChI=1S/C37H44F6N2O4S/c1-35-13-7-29-28-6-5-27(49-34(47)45-16-10-24(11-17-45)23-8-14-44-15-9-23)21-26(28)20-25(32(29)30(35)22-31(38)33(35)46)4-2-18-50(48)19-3-12-36(39,40)37(41,42)43/h5-6,8-9,14-15,21,24-25,29-32H,2-4,7,10-13,16-20,22H2,1H3/t25-,29-,30+,31?,32-,35+,50?/m1/s1. The van der Waals surface area contributed by atoms with Gasteiger partial charge in [0.05, 0.1) is 0 Å². The highest BCUT2D eigenvalue weighted by Gasteiger charge is 2.60. The molecule has 2 heterocycles. The first-order valence-electron chi connectivity index (χ1n) is 17.7. The van der Waals surface area contributed by atoms with E-state index in [1.807, 2.05) is 31.2 Å². The number of amides is 1. The summed E-state index contributed by atoms with van der Waals surface area (Å²) in [5, 5.41) is 0. The highest BCUT2D eigenvalue weighted by Crippen LogP contribution is 2.62. The predicted molar refractivity (Wildman–Crippen MR) is 176 cm³/mol. The molecule has 6 nitrogen and oxygen atoms in total. The summed E-state index contributed by atoms with van der Waals surface area (Å²) in [5.74, 6) is -4.56. The minimum Gasteiger partial charge on any atom is -0.410 e. The summed E-state index contributed by atoms with van der Waals surface area (Å²) in [6.07, 6.45) is -1.23. The Kier molecular flexibility index (Phi) is 10.7.